The van der Waals surface area contributed by atoms with Gasteiger partial charge in [0, 0.05) is 19.3 Å². The smallest absolute Gasteiger partial charge is 0.306 e. The van der Waals surface area contributed by atoms with Crippen LogP contribution in [-0.2, 0) is 28.6 Å². The van der Waals surface area contributed by atoms with Gasteiger partial charge >= 0.3 is 17.9 Å². The van der Waals surface area contributed by atoms with Gasteiger partial charge < -0.3 is 14.2 Å². The predicted octanol–water partition coefficient (Wildman–Crippen LogP) is 20.8. The quantitative estimate of drug-likeness (QED) is 0.0261. The summed E-state index contributed by atoms with van der Waals surface area (Å²) in [6.45, 7) is 6.49. The Bertz CT molecular complexity index is 1280. The average molecular weight is 994 g/mol. The molecule has 0 spiro atoms. The van der Waals surface area contributed by atoms with E-state index in [9.17, 15) is 14.4 Å². The molecule has 0 saturated heterocycles. The minimum atomic E-state index is -0.806. The molecule has 0 aliphatic rings. The van der Waals surface area contributed by atoms with Crippen LogP contribution >= 0.6 is 0 Å². The summed E-state index contributed by atoms with van der Waals surface area (Å²) in [6, 6.07) is 0. The molecular formula is C65H116O6. The number of esters is 3. The number of carbonyl (C=O) groups is 3. The number of unbranched alkanes of at least 4 members (excludes halogenated alkanes) is 35. The summed E-state index contributed by atoms with van der Waals surface area (Å²) in [5, 5.41) is 0. The van der Waals surface area contributed by atoms with Gasteiger partial charge in [-0.3, -0.25) is 14.4 Å². The molecule has 1 atom stereocenters. The minimum Gasteiger partial charge on any atom is -0.462 e. The molecule has 0 saturated carbocycles. The molecule has 0 aromatic carbocycles. The molecule has 0 radical (unpaired) electrons. The molecular weight excluding hydrogens is 877 g/mol. The first kappa shape index (κ1) is 68.1. The molecule has 0 rings (SSSR count). The first-order valence-electron chi connectivity index (χ1n) is 30.8. The van der Waals surface area contributed by atoms with Crippen molar-refractivity contribution in [1.82, 2.24) is 0 Å². The molecule has 0 aliphatic heterocycles. The van der Waals surface area contributed by atoms with E-state index in [0.717, 1.165) is 77.0 Å². The van der Waals surface area contributed by atoms with Crippen LogP contribution in [-0.4, -0.2) is 37.2 Å². The normalized spacial score (nSPS) is 12.4. The van der Waals surface area contributed by atoms with E-state index in [1.807, 2.05) is 6.08 Å². The van der Waals surface area contributed by atoms with Crippen LogP contribution in [0.15, 0.2) is 60.8 Å². The van der Waals surface area contributed by atoms with Crippen molar-refractivity contribution in [2.24, 2.45) is 0 Å². The van der Waals surface area contributed by atoms with Crippen LogP contribution in [0, 0.1) is 0 Å². The van der Waals surface area contributed by atoms with Gasteiger partial charge in [0.25, 0.3) is 0 Å². The van der Waals surface area contributed by atoms with Gasteiger partial charge in [0.1, 0.15) is 13.2 Å². The zero-order valence-corrected chi connectivity index (χ0v) is 47.2. The molecule has 1 unspecified atom stereocenters. The minimum absolute atomic E-state index is 0.0966. The SMILES string of the molecule is CC/C=C\C/C=C\C/C=C\C/C=C\CCC(=O)OCC(COC(=O)CCCCCCCCCCCCCCCCCCCCCCCCCC)OC(=O)CCCCCCC/C=C\CCCCCCCCC. The molecule has 0 heterocycles. The number of carbonyl (C=O) groups excluding carboxylic acids is 3. The van der Waals surface area contributed by atoms with Gasteiger partial charge in [-0.25, -0.2) is 0 Å². The lowest BCUT2D eigenvalue weighted by molar-refractivity contribution is -0.166. The lowest BCUT2D eigenvalue weighted by Gasteiger charge is -2.18. The fourth-order valence-electron chi connectivity index (χ4n) is 8.92. The second kappa shape index (κ2) is 59.7. The number of hydrogen-bond donors (Lipinski definition) is 0. The lowest BCUT2D eigenvalue weighted by Crippen LogP contribution is -2.30. The number of allylic oxidation sites excluding steroid dienone is 10. The third-order valence-electron chi connectivity index (χ3n) is 13.5. The average Bonchev–Trinajstić information content (AvgIpc) is 3.37. The monoisotopic (exact) mass is 993 g/mol. The van der Waals surface area contributed by atoms with Crippen LogP contribution in [0.25, 0.3) is 0 Å². The summed E-state index contributed by atoms with van der Waals surface area (Å²) in [7, 11) is 0. The van der Waals surface area contributed by atoms with E-state index in [1.54, 1.807) is 0 Å². The van der Waals surface area contributed by atoms with E-state index in [0.29, 0.717) is 19.3 Å². The highest BCUT2D eigenvalue weighted by atomic mass is 16.6. The Morgan fingerprint density at radius 2 is 0.577 bits per heavy atom. The topological polar surface area (TPSA) is 78.9 Å². The Hall–Kier alpha value is -2.89. The molecule has 0 N–H and O–H groups in total. The van der Waals surface area contributed by atoms with Gasteiger partial charge in [0.2, 0.25) is 0 Å². The van der Waals surface area contributed by atoms with Crippen molar-refractivity contribution >= 4 is 17.9 Å². The van der Waals surface area contributed by atoms with Crippen LogP contribution in [0.1, 0.15) is 316 Å². The summed E-state index contributed by atoms with van der Waals surface area (Å²) in [6.07, 6.45) is 75.4. The van der Waals surface area contributed by atoms with Gasteiger partial charge in [-0.05, 0) is 70.6 Å². The highest BCUT2D eigenvalue weighted by molar-refractivity contribution is 5.71. The van der Waals surface area contributed by atoms with E-state index in [-0.39, 0.29) is 37.5 Å². The zero-order valence-electron chi connectivity index (χ0n) is 47.2. The van der Waals surface area contributed by atoms with Crippen molar-refractivity contribution in [1.29, 1.82) is 0 Å². The Morgan fingerprint density at radius 1 is 0.296 bits per heavy atom. The largest absolute Gasteiger partial charge is 0.462 e. The molecule has 0 fully saturated rings. The van der Waals surface area contributed by atoms with Crippen LogP contribution in [0.5, 0.6) is 0 Å². The molecule has 412 valence electrons. The standard InChI is InChI=1S/C65H116O6/c1-4-7-10-13-16-19-22-25-27-29-30-31-32-33-34-35-36-38-40-43-46-49-52-55-58-64(67)70-61-62(60-69-63(66)57-54-51-48-45-42-39-24-21-18-15-12-9-6-3)71-65(68)59-56-53-50-47-44-41-37-28-26-23-20-17-14-11-8-5-2/h9,12,18,21,28,37,39,42,48,51,62H,4-8,10-11,13-17,19-20,22-27,29-36,38,40-41,43-47,49-50,52-61H2,1-3H3/b12-9-,21-18-,37-28-,42-39-,51-48-. The maximum Gasteiger partial charge on any atom is 0.306 e. The number of ether oxygens (including phenoxy) is 3. The molecule has 0 bridgehead atoms. The van der Waals surface area contributed by atoms with E-state index in [1.165, 1.54) is 193 Å². The summed E-state index contributed by atoms with van der Waals surface area (Å²) >= 11 is 0. The van der Waals surface area contributed by atoms with Crippen molar-refractivity contribution in [3.05, 3.63) is 60.8 Å². The van der Waals surface area contributed by atoms with Gasteiger partial charge in [-0.2, -0.15) is 0 Å². The predicted molar refractivity (Wildman–Crippen MR) is 307 cm³/mol. The van der Waals surface area contributed by atoms with Gasteiger partial charge in [0.15, 0.2) is 6.10 Å². The summed E-state index contributed by atoms with van der Waals surface area (Å²) in [4.78, 5) is 38.1. The van der Waals surface area contributed by atoms with Gasteiger partial charge in [-0.15, -0.1) is 0 Å². The maximum absolute atomic E-state index is 12.9. The zero-order chi connectivity index (χ0) is 51.4. The Morgan fingerprint density at radius 3 is 0.944 bits per heavy atom. The van der Waals surface area contributed by atoms with E-state index in [2.05, 4.69) is 75.5 Å². The van der Waals surface area contributed by atoms with E-state index < -0.39 is 6.10 Å². The van der Waals surface area contributed by atoms with Gasteiger partial charge in [-0.1, -0.05) is 287 Å². The molecule has 6 nitrogen and oxygen atoms in total. The van der Waals surface area contributed by atoms with Crippen LogP contribution in [0.2, 0.25) is 0 Å². The van der Waals surface area contributed by atoms with Crippen molar-refractivity contribution in [3.63, 3.8) is 0 Å². The molecule has 0 aliphatic carbocycles. The summed E-state index contributed by atoms with van der Waals surface area (Å²) < 4.78 is 16.8. The van der Waals surface area contributed by atoms with Crippen molar-refractivity contribution < 1.29 is 28.6 Å². The maximum atomic E-state index is 12.9. The third-order valence-corrected chi connectivity index (χ3v) is 13.5. The van der Waals surface area contributed by atoms with Crippen LogP contribution in [0.4, 0.5) is 0 Å². The second-order valence-electron chi connectivity index (χ2n) is 20.6. The van der Waals surface area contributed by atoms with Crippen LogP contribution < -0.4 is 0 Å². The molecule has 6 heteroatoms. The second-order valence-corrected chi connectivity index (χ2v) is 20.6. The summed E-state index contributed by atoms with van der Waals surface area (Å²) in [5.41, 5.74) is 0. The van der Waals surface area contributed by atoms with Crippen molar-refractivity contribution in [3.8, 4) is 0 Å². The highest BCUT2D eigenvalue weighted by Gasteiger charge is 2.19. The Kier molecular flexibility index (Phi) is 57.2. The molecule has 0 aromatic heterocycles. The van der Waals surface area contributed by atoms with E-state index >= 15 is 0 Å². The fraction of sp³-hybridized carbons (Fsp3) is 0.800. The molecule has 0 amide bonds. The first-order valence-corrected chi connectivity index (χ1v) is 30.8. The highest BCUT2D eigenvalue weighted by Crippen LogP contribution is 2.17. The molecule has 0 aromatic rings. The van der Waals surface area contributed by atoms with Gasteiger partial charge in [0.05, 0.1) is 0 Å². The lowest BCUT2D eigenvalue weighted by atomic mass is 10.0. The number of hydrogen-bond acceptors (Lipinski definition) is 6. The third kappa shape index (κ3) is 57.9. The van der Waals surface area contributed by atoms with Crippen molar-refractivity contribution in [2.45, 2.75) is 322 Å². The van der Waals surface area contributed by atoms with Crippen molar-refractivity contribution in [2.75, 3.05) is 13.2 Å². The summed E-state index contributed by atoms with van der Waals surface area (Å²) in [5.74, 6) is -0.976. The van der Waals surface area contributed by atoms with Crippen LogP contribution in [0.3, 0.4) is 0 Å². The Balaban J connectivity index is 4.30. The van der Waals surface area contributed by atoms with E-state index in [4.69, 9.17) is 14.2 Å². The first-order chi connectivity index (χ1) is 35.0. The fourth-order valence-corrected chi connectivity index (χ4v) is 8.92. The number of rotatable bonds is 56. The molecule has 71 heavy (non-hydrogen) atoms. The Labute approximate surface area is 440 Å².